The Morgan fingerprint density at radius 2 is 2.12 bits per heavy atom. The van der Waals surface area contributed by atoms with E-state index in [1.165, 1.54) is 0 Å². The number of pyridine rings is 1. The first-order valence-electron chi connectivity index (χ1n) is 4.27. The third kappa shape index (κ3) is 3.48. The molecule has 1 rings (SSSR count). The van der Waals surface area contributed by atoms with E-state index in [1.807, 2.05) is 0 Å². The molecule has 92 valence electrons. The normalized spacial score (nSPS) is 11.0. The zero-order chi connectivity index (χ0) is 13.1. The summed E-state index contributed by atoms with van der Waals surface area (Å²) in [6.07, 6.45) is -5.37. The molecule has 0 spiro atoms. The molecule has 1 heterocycles. The second kappa shape index (κ2) is 4.86. The largest absolute Gasteiger partial charge is 0.574 e. The smallest absolute Gasteiger partial charge is 0.503 e. The fraction of sp³-hybridized carbons (Fsp3) is 0.333. The van der Waals surface area contributed by atoms with Crippen molar-refractivity contribution in [1.82, 2.24) is 4.98 Å². The summed E-state index contributed by atoms with van der Waals surface area (Å²) < 4.78 is 51.7. The molecule has 0 amide bonds. The minimum absolute atomic E-state index is 0.114. The number of halogens is 4. The highest BCUT2D eigenvalue weighted by atomic mass is 19.4. The van der Waals surface area contributed by atoms with Gasteiger partial charge in [-0.05, 0) is 6.07 Å². The lowest BCUT2D eigenvalue weighted by molar-refractivity contribution is -0.276. The van der Waals surface area contributed by atoms with Gasteiger partial charge in [-0.2, -0.15) is 5.26 Å². The lowest BCUT2D eigenvalue weighted by Crippen LogP contribution is -2.18. The highest BCUT2D eigenvalue weighted by Gasteiger charge is 2.33. The minimum Gasteiger partial charge on any atom is -0.503 e. The van der Waals surface area contributed by atoms with Gasteiger partial charge in [0.05, 0.1) is 18.2 Å². The first-order chi connectivity index (χ1) is 7.87. The molecule has 1 aromatic rings. The molecule has 1 N–H and O–H groups in total. The summed E-state index contributed by atoms with van der Waals surface area (Å²) in [5, 5.41) is 17.6. The number of aromatic nitrogens is 1. The van der Waals surface area contributed by atoms with Gasteiger partial charge >= 0.3 is 6.36 Å². The van der Waals surface area contributed by atoms with Crippen molar-refractivity contribution in [2.45, 2.75) is 19.5 Å². The number of nitriles is 1. The number of hydrogen-bond acceptors (Lipinski definition) is 4. The number of alkyl halides is 4. The minimum atomic E-state index is -5.05. The van der Waals surface area contributed by atoms with Gasteiger partial charge in [-0.1, -0.05) is 0 Å². The Balaban J connectivity index is 3.19. The summed E-state index contributed by atoms with van der Waals surface area (Å²) in [4.78, 5) is 3.27. The Hall–Kier alpha value is -2.04. The van der Waals surface area contributed by atoms with Crippen molar-refractivity contribution in [3.05, 3.63) is 17.3 Å². The van der Waals surface area contributed by atoms with Crippen LogP contribution < -0.4 is 4.74 Å². The van der Waals surface area contributed by atoms with Crippen molar-refractivity contribution in [2.24, 2.45) is 0 Å². The molecule has 0 aliphatic carbocycles. The van der Waals surface area contributed by atoms with Crippen LogP contribution >= 0.6 is 0 Å². The van der Waals surface area contributed by atoms with E-state index in [1.54, 1.807) is 6.07 Å². The van der Waals surface area contributed by atoms with Crippen LogP contribution in [0.3, 0.4) is 0 Å². The molecule has 8 heteroatoms. The standard InChI is InChI=1S/C9H6F4N2O2/c10-4-5-3-6(1-2-14)15-8(7(5)16)17-9(11,12)13/h3,16H,1,4H2. The molecule has 0 atom stereocenters. The van der Waals surface area contributed by atoms with E-state index in [4.69, 9.17) is 5.26 Å². The van der Waals surface area contributed by atoms with Crippen molar-refractivity contribution in [3.63, 3.8) is 0 Å². The van der Waals surface area contributed by atoms with Gasteiger partial charge in [0.25, 0.3) is 5.88 Å². The van der Waals surface area contributed by atoms with E-state index in [9.17, 15) is 22.7 Å². The van der Waals surface area contributed by atoms with Crippen molar-refractivity contribution < 1.29 is 27.4 Å². The molecule has 0 bridgehead atoms. The van der Waals surface area contributed by atoms with Gasteiger partial charge in [-0.15, -0.1) is 13.2 Å². The highest BCUT2D eigenvalue weighted by Crippen LogP contribution is 2.33. The van der Waals surface area contributed by atoms with Crippen LogP contribution in [-0.4, -0.2) is 16.5 Å². The lowest BCUT2D eigenvalue weighted by atomic mass is 10.2. The van der Waals surface area contributed by atoms with Crippen LogP contribution in [0, 0.1) is 11.3 Å². The zero-order valence-corrected chi connectivity index (χ0v) is 8.25. The van der Waals surface area contributed by atoms with Gasteiger partial charge < -0.3 is 9.84 Å². The van der Waals surface area contributed by atoms with Crippen molar-refractivity contribution in [3.8, 4) is 17.7 Å². The Labute approximate surface area is 93.1 Å². The van der Waals surface area contributed by atoms with Crippen molar-refractivity contribution in [2.75, 3.05) is 0 Å². The molecule has 0 aliphatic rings. The number of rotatable bonds is 3. The number of ether oxygens (including phenoxy) is 1. The zero-order valence-electron chi connectivity index (χ0n) is 8.25. The van der Waals surface area contributed by atoms with E-state index in [0.29, 0.717) is 0 Å². The Bertz CT molecular complexity index is 454. The van der Waals surface area contributed by atoms with E-state index < -0.39 is 30.2 Å². The van der Waals surface area contributed by atoms with Gasteiger partial charge in [0.15, 0.2) is 5.75 Å². The summed E-state index contributed by atoms with van der Waals surface area (Å²) in [5.74, 6) is -2.18. The van der Waals surface area contributed by atoms with Crippen LogP contribution in [-0.2, 0) is 13.1 Å². The second-order valence-electron chi connectivity index (χ2n) is 2.94. The molecular weight excluding hydrogens is 244 g/mol. The van der Waals surface area contributed by atoms with Crippen molar-refractivity contribution >= 4 is 0 Å². The van der Waals surface area contributed by atoms with Crippen LogP contribution in [0.15, 0.2) is 6.07 Å². The third-order valence-corrected chi connectivity index (χ3v) is 1.71. The summed E-state index contributed by atoms with van der Waals surface area (Å²) in [5.41, 5.74) is -0.526. The number of nitrogens with zero attached hydrogens (tertiary/aromatic N) is 2. The quantitative estimate of drug-likeness (QED) is 0.835. The molecule has 0 saturated heterocycles. The number of hydrogen-bond donors (Lipinski definition) is 1. The average molecular weight is 250 g/mol. The predicted molar refractivity (Wildman–Crippen MR) is 46.7 cm³/mol. The van der Waals surface area contributed by atoms with Gasteiger partial charge in [-0.25, -0.2) is 9.37 Å². The van der Waals surface area contributed by atoms with Crippen LogP contribution in [0.5, 0.6) is 11.6 Å². The third-order valence-electron chi connectivity index (χ3n) is 1.71. The van der Waals surface area contributed by atoms with Gasteiger partial charge in [0.1, 0.15) is 6.67 Å². The summed E-state index contributed by atoms with van der Waals surface area (Å²) in [6, 6.07) is 2.64. The van der Waals surface area contributed by atoms with Gasteiger partial charge in [-0.3, -0.25) is 0 Å². The molecule has 0 unspecified atom stereocenters. The highest BCUT2D eigenvalue weighted by molar-refractivity contribution is 5.42. The molecule has 0 radical (unpaired) electrons. The topological polar surface area (TPSA) is 66.1 Å². The first-order valence-corrected chi connectivity index (χ1v) is 4.27. The van der Waals surface area contributed by atoms with Gasteiger partial charge in [0, 0.05) is 5.56 Å². The maximum Gasteiger partial charge on any atom is 0.574 e. The van der Waals surface area contributed by atoms with E-state index in [-0.39, 0.29) is 12.1 Å². The maximum atomic E-state index is 12.4. The Morgan fingerprint density at radius 1 is 1.47 bits per heavy atom. The lowest BCUT2D eigenvalue weighted by Gasteiger charge is -2.11. The molecule has 0 aromatic carbocycles. The maximum absolute atomic E-state index is 12.4. The molecule has 4 nitrogen and oxygen atoms in total. The first kappa shape index (κ1) is 13.0. The van der Waals surface area contributed by atoms with Crippen LogP contribution in [0.2, 0.25) is 0 Å². The Morgan fingerprint density at radius 3 is 2.59 bits per heavy atom. The predicted octanol–water partition coefficient (Wildman–Crippen LogP) is 2.22. The molecule has 1 aromatic heterocycles. The van der Waals surface area contributed by atoms with E-state index >= 15 is 0 Å². The fourth-order valence-electron chi connectivity index (χ4n) is 1.08. The van der Waals surface area contributed by atoms with E-state index in [2.05, 4.69) is 9.72 Å². The van der Waals surface area contributed by atoms with Crippen LogP contribution in [0.4, 0.5) is 17.6 Å². The SMILES string of the molecule is N#CCc1cc(CF)c(O)c(OC(F)(F)F)n1. The van der Waals surface area contributed by atoms with E-state index in [0.717, 1.165) is 6.07 Å². The van der Waals surface area contributed by atoms with Gasteiger partial charge in [0.2, 0.25) is 0 Å². The second-order valence-corrected chi connectivity index (χ2v) is 2.94. The number of aromatic hydroxyl groups is 1. The monoisotopic (exact) mass is 250 g/mol. The molecule has 17 heavy (non-hydrogen) atoms. The Kier molecular flexibility index (Phi) is 3.73. The molecule has 0 saturated carbocycles. The molecule has 0 aliphatic heterocycles. The van der Waals surface area contributed by atoms with Crippen LogP contribution in [0.25, 0.3) is 0 Å². The fourth-order valence-corrected chi connectivity index (χ4v) is 1.08. The summed E-state index contributed by atoms with van der Waals surface area (Å²) >= 11 is 0. The summed E-state index contributed by atoms with van der Waals surface area (Å²) in [7, 11) is 0. The molecule has 0 fully saturated rings. The average Bonchev–Trinajstić information content (AvgIpc) is 2.21. The van der Waals surface area contributed by atoms with Crippen LogP contribution in [0.1, 0.15) is 11.3 Å². The molecular formula is C9H6F4N2O2. The summed E-state index contributed by atoms with van der Waals surface area (Å²) in [6.45, 7) is -1.19. The van der Waals surface area contributed by atoms with Crippen molar-refractivity contribution in [1.29, 1.82) is 5.26 Å².